The van der Waals surface area contributed by atoms with Crippen molar-refractivity contribution in [2.75, 3.05) is 38.6 Å². The lowest BCUT2D eigenvalue weighted by molar-refractivity contribution is 0.102. The van der Waals surface area contributed by atoms with Gasteiger partial charge in [-0.1, -0.05) is 18.2 Å². The molecular weight excluding hydrogens is 416 g/mol. The number of fused-ring (bicyclic) bond motifs is 1. The fraction of sp³-hybridized carbons (Fsp3) is 0.385. The number of hydrogen-bond donors (Lipinski definition) is 1. The molecule has 1 saturated heterocycles. The van der Waals surface area contributed by atoms with Gasteiger partial charge < -0.3 is 14.5 Å². The number of methoxy groups -OCH3 is 1. The molecule has 0 unspecified atom stereocenters. The average molecular weight is 447 g/mol. The van der Waals surface area contributed by atoms with E-state index in [1.807, 2.05) is 18.2 Å². The molecular formula is C26H30N4O3. The number of amides is 1. The Bertz CT molecular complexity index is 1100. The highest BCUT2D eigenvalue weighted by molar-refractivity contribution is 6.02. The molecule has 1 aromatic heterocycles. The van der Waals surface area contributed by atoms with E-state index in [4.69, 9.17) is 9.15 Å². The van der Waals surface area contributed by atoms with Crippen LogP contribution in [0.4, 0.5) is 5.69 Å². The van der Waals surface area contributed by atoms with E-state index < -0.39 is 0 Å². The van der Waals surface area contributed by atoms with Crippen molar-refractivity contribution in [1.82, 2.24) is 14.8 Å². The number of carbonyl (C=O) groups excluding carboxylic acids is 1. The Balaban J connectivity index is 1.10. The van der Waals surface area contributed by atoms with Crippen LogP contribution in [0.2, 0.25) is 0 Å². The van der Waals surface area contributed by atoms with Gasteiger partial charge in [-0.05, 0) is 60.2 Å². The highest BCUT2D eigenvalue weighted by Gasteiger charge is 2.20. The number of carbonyl (C=O) groups is 1. The Hall–Kier alpha value is -3.16. The van der Waals surface area contributed by atoms with Gasteiger partial charge in [-0.2, -0.15) is 0 Å². The van der Waals surface area contributed by atoms with Gasteiger partial charge in [0.1, 0.15) is 12.0 Å². The van der Waals surface area contributed by atoms with Crippen molar-refractivity contribution in [2.24, 2.45) is 0 Å². The van der Waals surface area contributed by atoms with Gasteiger partial charge in [0.15, 0.2) is 5.69 Å². The van der Waals surface area contributed by atoms with Gasteiger partial charge in [0, 0.05) is 38.4 Å². The van der Waals surface area contributed by atoms with Gasteiger partial charge in [-0.15, -0.1) is 0 Å². The zero-order chi connectivity index (χ0) is 22.6. The van der Waals surface area contributed by atoms with E-state index in [1.54, 1.807) is 7.11 Å². The minimum Gasteiger partial charge on any atom is -0.497 e. The number of nitrogens with zero attached hydrogens (tertiary/aromatic N) is 3. The average Bonchev–Trinajstić information content (AvgIpc) is 3.50. The third kappa shape index (κ3) is 5.26. The first-order chi connectivity index (χ1) is 16.2. The largest absolute Gasteiger partial charge is 0.497 e. The molecule has 33 heavy (non-hydrogen) atoms. The van der Waals surface area contributed by atoms with Crippen LogP contribution in [0.1, 0.15) is 39.5 Å². The molecule has 1 fully saturated rings. The van der Waals surface area contributed by atoms with Crippen LogP contribution < -0.4 is 10.1 Å². The van der Waals surface area contributed by atoms with Crippen molar-refractivity contribution in [3.63, 3.8) is 0 Å². The lowest BCUT2D eigenvalue weighted by atomic mass is 10.1. The van der Waals surface area contributed by atoms with Crippen LogP contribution in [0.15, 0.2) is 53.1 Å². The number of ether oxygens (including phenoxy) is 1. The number of hydrogen-bond acceptors (Lipinski definition) is 6. The monoisotopic (exact) mass is 446 g/mol. The number of aryl methyl sites for hydroxylation is 2. The summed E-state index contributed by atoms with van der Waals surface area (Å²) in [5.41, 5.74) is 5.15. The van der Waals surface area contributed by atoms with Crippen molar-refractivity contribution in [3.05, 3.63) is 77.0 Å². The molecule has 3 aromatic rings. The summed E-state index contributed by atoms with van der Waals surface area (Å²) in [7, 11) is 1.69. The van der Waals surface area contributed by atoms with Crippen molar-refractivity contribution >= 4 is 11.6 Å². The molecule has 1 aliphatic carbocycles. The molecule has 0 spiro atoms. The fourth-order valence-electron chi connectivity index (χ4n) is 4.62. The molecule has 2 heterocycles. The Morgan fingerprint density at radius 1 is 1.00 bits per heavy atom. The Morgan fingerprint density at radius 3 is 2.48 bits per heavy atom. The number of nitrogens with one attached hydrogen (secondary N) is 1. The summed E-state index contributed by atoms with van der Waals surface area (Å²) >= 11 is 0. The van der Waals surface area contributed by atoms with Crippen molar-refractivity contribution in [1.29, 1.82) is 0 Å². The Kier molecular flexibility index (Phi) is 6.41. The van der Waals surface area contributed by atoms with Crippen molar-refractivity contribution < 1.29 is 13.9 Å². The molecule has 0 bridgehead atoms. The zero-order valence-corrected chi connectivity index (χ0v) is 19.0. The van der Waals surface area contributed by atoms with Gasteiger partial charge >= 0.3 is 0 Å². The first-order valence-electron chi connectivity index (χ1n) is 11.6. The minimum absolute atomic E-state index is 0.229. The molecule has 1 aliphatic heterocycles. The molecule has 7 heteroatoms. The first kappa shape index (κ1) is 21.7. The number of rotatable bonds is 7. The molecule has 1 amide bonds. The maximum atomic E-state index is 12.6. The predicted molar refractivity (Wildman–Crippen MR) is 126 cm³/mol. The Labute approximate surface area is 194 Å². The minimum atomic E-state index is -0.229. The lowest BCUT2D eigenvalue weighted by Gasteiger charge is -2.34. The van der Waals surface area contributed by atoms with Crippen LogP contribution in [-0.2, 0) is 25.9 Å². The van der Waals surface area contributed by atoms with E-state index in [2.05, 4.69) is 44.4 Å². The summed E-state index contributed by atoms with van der Waals surface area (Å²) in [5.74, 6) is 1.24. The fourth-order valence-corrected chi connectivity index (χ4v) is 4.62. The number of piperazine rings is 1. The molecule has 5 rings (SSSR count). The lowest BCUT2D eigenvalue weighted by Crippen LogP contribution is -2.45. The highest BCUT2D eigenvalue weighted by Crippen LogP contribution is 2.25. The third-order valence-corrected chi connectivity index (χ3v) is 6.53. The molecule has 0 atom stereocenters. The van der Waals surface area contributed by atoms with E-state index in [0.29, 0.717) is 18.1 Å². The zero-order valence-electron chi connectivity index (χ0n) is 19.0. The van der Waals surface area contributed by atoms with Crippen LogP contribution in [0.25, 0.3) is 0 Å². The standard InChI is InChI=1S/C26H30N4O3/c1-32-23-9-5-19(6-10-23)16-29-11-13-30(14-12-29)17-25-28-24(18-33-25)26(31)27-22-8-7-20-3-2-4-21(20)15-22/h5-10,15,18H,2-4,11-14,16-17H2,1H3,(H,27,31). The van der Waals surface area contributed by atoms with E-state index in [0.717, 1.165) is 57.0 Å². The first-order valence-corrected chi connectivity index (χ1v) is 11.6. The second-order valence-corrected chi connectivity index (χ2v) is 8.82. The quantitative estimate of drug-likeness (QED) is 0.596. The number of anilines is 1. The molecule has 2 aliphatic rings. The van der Waals surface area contributed by atoms with E-state index in [-0.39, 0.29) is 5.91 Å². The van der Waals surface area contributed by atoms with Crippen LogP contribution >= 0.6 is 0 Å². The van der Waals surface area contributed by atoms with Crippen molar-refractivity contribution in [3.8, 4) is 5.75 Å². The van der Waals surface area contributed by atoms with Crippen LogP contribution in [0.5, 0.6) is 5.75 Å². The molecule has 7 nitrogen and oxygen atoms in total. The smallest absolute Gasteiger partial charge is 0.277 e. The van der Waals surface area contributed by atoms with E-state index >= 15 is 0 Å². The van der Waals surface area contributed by atoms with Crippen LogP contribution in [-0.4, -0.2) is 54.0 Å². The molecule has 2 aromatic carbocycles. The van der Waals surface area contributed by atoms with Crippen LogP contribution in [0, 0.1) is 0 Å². The van der Waals surface area contributed by atoms with Gasteiger partial charge in [0.2, 0.25) is 5.89 Å². The summed E-state index contributed by atoms with van der Waals surface area (Å²) in [6.07, 6.45) is 4.86. The number of oxazole rings is 1. The Morgan fingerprint density at radius 2 is 1.73 bits per heavy atom. The summed E-state index contributed by atoms with van der Waals surface area (Å²) in [6.45, 7) is 5.40. The summed E-state index contributed by atoms with van der Waals surface area (Å²) in [5, 5.41) is 2.95. The van der Waals surface area contributed by atoms with Crippen molar-refractivity contribution in [2.45, 2.75) is 32.4 Å². The van der Waals surface area contributed by atoms with Gasteiger partial charge in [0.05, 0.1) is 13.7 Å². The molecule has 0 radical (unpaired) electrons. The summed E-state index contributed by atoms with van der Waals surface area (Å²) in [6, 6.07) is 14.4. The van der Waals surface area contributed by atoms with E-state index in [9.17, 15) is 4.79 Å². The highest BCUT2D eigenvalue weighted by atomic mass is 16.5. The van der Waals surface area contributed by atoms with Gasteiger partial charge in [-0.3, -0.25) is 14.6 Å². The van der Waals surface area contributed by atoms with Crippen LogP contribution in [0.3, 0.4) is 0 Å². The summed E-state index contributed by atoms with van der Waals surface area (Å²) < 4.78 is 10.8. The van der Waals surface area contributed by atoms with Gasteiger partial charge in [-0.25, -0.2) is 4.98 Å². The second-order valence-electron chi connectivity index (χ2n) is 8.82. The SMILES string of the molecule is COc1ccc(CN2CCN(Cc3nc(C(=O)Nc4ccc5c(c4)CCC5)co3)CC2)cc1. The van der Waals surface area contributed by atoms with E-state index in [1.165, 1.54) is 29.4 Å². The number of aromatic nitrogens is 1. The predicted octanol–water partition coefficient (Wildman–Crippen LogP) is 3.74. The maximum absolute atomic E-state index is 12.6. The molecule has 1 N–H and O–H groups in total. The van der Waals surface area contributed by atoms with Gasteiger partial charge in [0.25, 0.3) is 5.91 Å². The maximum Gasteiger partial charge on any atom is 0.277 e. The topological polar surface area (TPSA) is 70.8 Å². The molecule has 172 valence electrons. The second kappa shape index (κ2) is 9.77. The number of benzene rings is 2. The summed E-state index contributed by atoms with van der Waals surface area (Å²) in [4.78, 5) is 21.8. The molecule has 0 saturated carbocycles. The third-order valence-electron chi connectivity index (χ3n) is 6.53. The normalized spacial score (nSPS) is 16.5.